The first-order chi connectivity index (χ1) is 6.19. The first kappa shape index (κ1) is 9.71. The molecule has 0 amide bonds. The second-order valence-electron chi connectivity index (χ2n) is 2.86. The largest absolute Gasteiger partial charge is 0.373 e. The number of pyridine rings is 1. The number of rotatable bonds is 3. The number of carbonyl (C=O) groups excluding carboxylic acids is 1. The zero-order valence-corrected chi connectivity index (χ0v) is 8.22. The lowest BCUT2D eigenvalue weighted by Crippen LogP contribution is -2.03. The summed E-state index contributed by atoms with van der Waals surface area (Å²) >= 11 is 0. The van der Waals surface area contributed by atoms with Gasteiger partial charge in [-0.3, -0.25) is 4.79 Å². The van der Waals surface area contributed by atoms with Gasteiger partial charge in [-0.05, 0) is 19.1 Å². The van der Waals surface area contributed by atoms with Crippen molar-refractivity contribution in [1.29, 1.82) is 0 Å². The molecule has 0 unspecified atom stereocenters. The molecule has 0 radical (unpaired) electrons. The van der Waals surface area contributed by atoms with Crippen molar-refractivity contribution in [2.75, 3.05) is 12.4 Å². The maximum Gasteiger partial charge on any atom is 0.164 e. The number of aromatic nitrogens is 1. The molecular weight excluding hydrogens is 164 g/mol. The van der Waals surface area contributed by atoms with Crippen LogP contribution in [-0.2, 0) is 0 Å². The summed E-state index contributed by atoms with van der Waals surface area (Å²) < 4.78 is 0. The van der Waals surface area contributed by atoms with Gasteiger partial charge in [0.1, 0.15) is 5.82 Å². The van der Waals surface area contributed by atoms with Gasteiger partial charge in [-0.1, -0.05) is 6.92 Å². The number of carbonyl (C=O) groups is 1. The summed E-state index contributed by atoms with van der Waals surface area (Å²) in [4.78, 5) is 15.6. The number of nitrogens with zero attached hydrogens (tertiary/aromatic N) is 1. The van der Waals surface area contributed by atoms with Crippen LogP contribution in [0.2, 0.25) is 0 Å². The average molecular weight is 178 g/mol. The molecule has 0 fully saturated rings. The van der Waals surface area contributed by atoms with E-state index in [9.17, 15) is 4.79 Å². The molecule has 13 heavy (non-hydrogen) atoms. The van der Waals surface area contributed by atoms with Crippen molar-refractivity contribution in [2.45, 2.75) is 20.3 Å². The topological polar surface area (TPSA) is 42.0 Å². The molecule has 0 saturated heterocycles. The molecule has 0 spiro atoms. The van der Waals surface area contributed by atoms with Crippen molar-refractivity contribution in [3.8, 4) is 0 Å². The number of aryl methyl sites for hydroxylation is 1. The summed E-state index contributed by atoms with van der Waals surface area (Å²) in [6.45, 7) is 3.71. The molecule has 0 aliphatic rings. The molecule has 1 heterocycles. The Kier molecular flexibility index (Phi) is 3.01. The standard InChI is InChI=1S/C10H14N2O/c1-4-9(13)8-5-6-10(11-3)12-7(8)2/h5-6H,4H2,1-3H3,(H,11,12). The van der Waals surface area contributed by atoms with E-state index >= 15 is 0 Å². The number of anilines is 1. The van der Waals surface area contributed by atoms with Crippen molar-refractivity contribution in [2.24, 2.45) is 0 Å². The third-order valence-corrected chi connectivity index (χ3v) is 1.96. The SMILES string of the molecule is CCC(=O)c1ccc(NC)nc1C. The van der Waals surface area contributed by atoms with E-state index in [0.29, 0.717) is 6.42 Å². The quantitative estimate of drug-likeness (QED) is 0.720. The van der Waals surface area contributed by atoms with Crippen LogP contribution in [0, 0.1) is 6.92 Å². The van der Waals surface area contributed by atoms with Gasteiger partial charge in [-0.2, -0.15) is 0 Å². The fourth-order valence-corrected chi connectivity index (χ4v) is 1.19. The summed E-state index contributed by atoms with van der Waals surface area (Å²) in [5.41, 5.74) is 1.51. The van der Waals surface area contributed by atoms with Gasteiger partial charge in [0, 0.05) is 19.0 Å². The van der Waals surface area contributed by atoms with Crippen LogP contribution in [0.4, 0.5) is 5.82 Å². The Bertz CT molecular complexity index is 321. The monoisotopic (exact) mass is 178 g/mol. The van der Waals surface area contributed by atoms with E-state index in [4.69, 9.17) is 0 Å². The lowest BCUT2D eigenvalue weighted by molar-refractivity contribution is 0.0987. The van der Waals surface area contributed by atoms with E-state index in [1.807, 2.05) is 33.0 Å². The number of ketones is 1. The van der Waals surface area contributed by atoms with Crippen molar-refractivity contribution < 1.29 is 4.79 Å². The van der Waals surface area contributed by atoms with Gasteiger partial charge < -0.3 is 5.32 Å². The van der Waals surface area contributed by atoms with Crippen LogP contribution in [0.5, 0.6) is 0 Å². The summed E-state index contributed by atoms with van der Waals surface area (Å²) in [5, 5.41) is 2.93. The molecule has 0 aromatic carbocycles. The van der Waals surface area contributed by atoms with Crippen LogP contribution in [0.15, 0.2) is 12.1 Å². The molecular formula is C10H14N2O. The highest BCUT2D eigenvalue weighted by atomic mass is 16.1. The van der Waals surface area contributed by atoms with Crippen LogP contribution in [0.25, 0.3) is 0 Å². The van der Waals surface area contributed by atoms with Crippen molar-refractivity contribution in [1.82, 2.24) is 4.98 Å². The summed E-state index contributed by atoms with van der Waals surface area (Å²) in [7, 11) is 1.81. The molecule has 0 aliphatic carbocycles. The molecule has 1 N–H and O–H groups in total. The minimum absolute atomic E-state index is 0.146. The third-order valence-electron chi connectivity index (χ3n) is 1.96. The van der Waals surface area contributed by atoms with Gasteiger partial charge in [0.05, 0.1) is 5.69 Å². The minimum Gasteiger partial charge on any atom is -0.373 e. The Labute approximate surface area is 78.2 Å². The fourth-order valence-electron chi connectivity index (χ4n) is 1.19. The predicted octanol–water partition coefficient (Wildman–Crippen LogP) is 2.02. The van der Waals surface area contributed by atoms with Gasteiger partial charge in [0.2, 0.25) is 0 Å². The van der Waals surface area contributed by atoms with Crippen LogP contribution in [0.1, 0.15) is 29.4 Å². The molecule has 0 saturated carbocycles. The van der Waals surface area contributed by atoms with E-state index < -0.39 is 0 Å². The van der Waals surface area contributed by atoms with E-state index in [-0.39, 0.29) is 5.78 Å². The zero-order chi connectivity index (χ0) is 9.84. The molecule has 3 heteroatoms. The van der Waals surface area contributed by atoms with Crippen LogP contribution < -0.4 is 5.32 Å². The number of hydrogen-bond donors (Lipinski definition) is 1. The first-order valence-corrected chi connectivity index (χ1v) is 4.37. The minimum atomic E-state index is 0.146. The average Bonchev–Trinajstić information content (AvgIpc) is 2.16. The Balaban J connectivity index is 3.05. The maximum absolute atomic E-state index is 11.4. The van der Waals surface area contributed by atoms with Gasteiger partial charge in [-0.15, -0.1) is 0 Å². The normalized spacial score (nSPS) is 9.77. The lowest BCUT2D eigenvalue weighted by Gasteiger charge is -2.04. The highest BCUT2D eigenvalue weighted by Gasteiger charge is 2.07. The molecule has 1 aromatic heterocycles. The fraction of sp³-hybridized carbons (Fsp3) is 0.400. The first-order valence-electron chi connectivity index (χ1n) is 4.37. The highest BCUT2D eigenvalue weighted by molar-refractivity contribution is 5.96. The Morgan fingerprint density at radius 1 is 1.54 bits per heavy atom. The molecule has 70 valence electrons. The Morgan fingerprint density at radius 2 is 2.23 bits per heavy atom. The van der Waals surface area contributed by atoms with Crippen molar-refractivity contribution >= 4 is 11.6 Å². The molecule has 0 bridgehead atoms. The van der Waals surface area contributed by atoms with Gasteiger partial charge >= 0.3 is 0 Å². The van der Waals surface area contributed by atoms with E-state index in [2.05, 4.69) is 10.3 Å². The molecule has 0 aliphatic heterocycles. The van der Waals surface area contributed by atoms with Crippen molar-refractivity contribution in [3.63, 3.8) is 0 Å². The highest BCUT2D eigenvalue weighted by Crippen LogP contribution is 2.11. The smallest absolute Gasteiger partial charge is 0.164 e. The third kappa shape index (κ3) is 2.05. The summed E-state index contributed by atoms with van der Waals surface area (Å²) in [5.74, 6) is 0.942. The second-order valence-corrected chi connectivity index (χ2v) is 2.86. The number of Topliss-reactive ketones (excluding diaryl/α,β-unsaturated/α-hetero) is 1. The number of hydrogen-bond acceptors (Lipinski definition) is 3. The predicted molar refractivity (Wildman–Crippen MR) is 53.1 cm³/mol. The van der Waals surface area contributed by atoms with E-state index in [0.717, 1.165) is 17.1 Å². The lowest BCUT2D eigenvalue weighted by atomic mass is 10.1. The Hall–Kier alpha value is -1.38. The molecule has 1 aromatic rings. The zero-order valence-electron chi connectivity index (χ0n) is 8.22. The van der Waals surface area contributed by atoms with Gasteiger partial charge in [0.15, 0.2) is 5.78 Å². The molecule has 1 rings (SSSR count). The summed E-state index contributed by atoms with van der Waals surface area (Å²) in [6.07, 6.45) is 0.529. The summed E-state index contributed by atoms with van der Waals surface area (Å²) in [6, 6.07) is 3.63. The second kappa shape index (κ2) is 4.03. The van der Waals surface area contributed by atoms with E-state index in [1.165, 1.54) is 0 Å². The van der Waals surface area contributed by atoms with Gasteiger partial charge in [-0.25, -0.2) is 4.98 Å². The Morgan fingerprint density at radius 3 is 2.69 bits per heavy atom. The number of nitrogens with one attached hydrogen (secondary N) is 1. The molecule has 0 atom stereocenters. The van der Waals surface area contributed by atoms with E-state index in [1.54, 1.807) is 0 Å². The van der Waals surface area contributed by atoms with Crippen LogP contribution in [0.3, 0.4) is 0 Å². The molecule has 3 nitrogen and oxygen atoms in total. The van der Waals surface area contributed by atoms with Crippen LogP contribution in [-0.4, -0.2) is 17.8 Å². The maximum atomic E-state index is 11.4. The van der Waals surface area contributed by atoms with Gasteiger partial charge in [0.25, 0.3) is 0 Å². The van der Waals surface area contributed by atoms with Crippen LogP contribution >= 0.6 is 0 Å². The van der Waals surface area contributed by atoms with Crippen molar-refractivity contribution in [3.05, 3.63) is 23.4 Å².